The number of rotatable bonds is 4. The van der Waals surface area contributed by atoms with Crippen molar-refractivity contribution in [3.8, 4) is 5.75 Å². The summed E-state index contributed by atoms with van der Waals surface area (Å²) in [5, 5.41) is 3.05. The maximum Gasteiger partial charge on any atom is 0.225 e. The first-order valence-corrected chi connectivity index (χ1v) is 10.1. The summed E-state index contributed by atoms with van der Waals surface area (Å²) in [7, 11) is 1.70. The topological polar surface area (TPSA) is 44.8 Å². The normalized spacial score (nSPS) is 21.0. The molecular formula is C23H29N3O2. The fraction of sp³-hybridized carbons (Fsp3) is 0.435. The van der Waals surface area contributed by atoms with Gasteiger partial charge in [-0.2, -0.15) is 0 Å². The van der Waals surface area contributed by atoms with E-state index in [4.69, 9.17) is 4.74 Å². The molecule has 0 saturated carbocycles. The standard InChI is InChI=1S/C23H29N3O2/c1-4-24-23(27)20-13-17-7-10-19(28-3)14-21(17)26-12-11-25(15-22(20)26)18-8-5-16(2)6-9-18/h5-10,14,20,22H,4,11-13,15H2,1-3H3,(H,24,27)/t20-,22-/m1/s1. The van der Waals surface area contributed by atoms with Gasteiger partial charge in [0.1, 0.15) is 5.75 Å². The molecule has 2 aliphatic heterocycles. The van der Waals surface area contributed by atoms with Gasteiger partial charge in [-0.3, -0.25) is 4.79 Å². The number of anilines is 2. The summed E-state index contributed by atoms with van der Waals surface area (Å²) in [6, 6.07) is 15.1. The molecule has 4 rings (SSSR count). The summed E-state index contributed by atoms with van der Waals surface area (Å²) in [6.45, 7) is 7.45. The second kappa shape index (κ2) is 7.74. The van der Waals surface area contributed by atoms with Crippen LogP contribution >= 0.6 is 0 Å². The molecule has 148 valence electrons. The molecule has 2 aromatic carbocycles. The third-order valence-electron chi connectivity index (χ3n) is 6.01. The molecule has 2 atom stereocenters. The van der Waals surface area contributed by atoms with Crippen LogP contribution in [0.25, 0.3) is 0 Å². The number of amides is 1. The number of nitrogens with one attached hydrogen (secondary N) is 1. The summed E-state index contributed by atoms with van der Waals surface area (Å²) >= 11 is 0. The fourth-order valence-corrected chi connectivity index (χ4v) is 4.50. The number of hydrogen-bond acceptors (Lipinski definition) is 4. The summed E-state index contributed by atoms with van der Waals surface area (Å²) in [6.07, 6.45) is 0.772. The molecule has 1 saturated heterocycles. The zero-order valence-corrected chi connectivity index (χ0v) is 16.9. The third-order valence-corrected chi connectivity index (χ3v) is 6.01. The Hall–Kier alpha value is -2.69. The van der Waals surface area contributed by atoms with Crippen molar-refractivity contribution in [2.75, 3.05) is 43.1 Å². The molecule has 2 aliphatic rings. The van der Waals surface area contributed by atoms with E-state index in [1.807, 2.05) is 13.0 Å². The van der Waals surface area contributed by atoms with E-state index in [0.717, 1.165) is 31.8 Å². The van der Waals surface area contributed by atoms with Crippen molar-refractivity contribution in [1.29, 1.82) is 0 Å². The molecule has 0 unspecified atom stereocenters. The van der Waals surface area contributed by atoms with Crippen LogP contribution in [0, 0.1) is 12.8 Å². The number of ether oxygens (including phenoxy) is 1. The second-order valence-corrected chi connectivity index (χ2v) is 7.74. The van der Waals surface area contributed by atoms with Crippen molar-refractivity contribution < 1.29 is 9.53 Å². The molecule has 0 radical (unpaired) electrons. The lowest BCUT2D eigenvalue weighted by Gasteiger charge is -2.49. The maximum absolute atomic E-state index is 12.9. The number of piperazine rings is 1. The first-order valence-electron chi connectivity index (χ1n) is 10.1. The van der Waals surface area contributed by atoms with E-state index in [9.17, 15) is 4.79 Å². The molecule has 5 nitrogen and oxygen atoms in total. The molecule has 2 aromatic rings. The quantitative estimate of drug-likeness (QED) is 0.887. The van der Waals surface area contributed by atoms with Crippen LogP contribution in [0.1, 0.15) is 18.1 Å². The second-order valence-electron chi connectivity index (χ2n) is 7.74. The number of methoxy groups -OCH3 is 1. The average molecular weight is 380 g/mol. The van der Waals surface area contributed by atoms with Crippen molar-refractivity contribution in [2.45, 2.75) is 26.3 Å². The lowest BCUT2D eigenvalue weighted by Crippen LogP contribution is -2.61. The highest BCUT2D eigenvalue weighted by molar-refractivity contribution is 5.82. The Morgan fingerprint density at radius 1 is 1.18 bits per heavy atom. The molecule has 5 heteroatoms. The Morgan fingerprint density at radius 3 is 2.68 bits per heavy atom. The van der Waals surface area contributed by atoms with E-state index in [1.165, 1.54) is 22.5 Å². The minimum absolute atomic E-state index is 0.0471. The molecule has 1 amide bonds. The van der Waals surface area contributed by atoms with Gasteiger partial charge in [0.25, 0.3) is 0 Å². The zero-order valence-electron chi connectivity index (χ0n) is 16.9. The van der Waals surface area contributed by atoms with Gasteiger partial charge >= 0.3 is 0 Å². The Morgan fingerprint density at radius 2 is 1.96 bits per heavy atom. The summed E-state index contributed by atoms with van der Waals surface area (Å²) in [5.74, 6) is 0.980. The summed E-state index contributed by atoms with van der Waals surface area (Å²) in [5.41, 5.74) is 4.95. The van der Waals surface area contributed by atoms with E-state index in [2.05, 4.69) is 58.4 Å². The van der Waals surface area contributed by atoms with Gasteiger partial charge in [-0.05, 0) is 44.0 Å². The molecule has 1 N–H and O–H groups in total. The Balaban J connectivity index is 1.67. The van der Waals surface area contributed by atoms with Gasteiger partial charge in [-0.15, -0.1) is 0 Å². The molecule has 2 heterocycles. The van der Waals surface area contributed by atoms with Crippen molar-refractivity contribution in [1.82, 2.24) is 5.32 Å². The Labute approximate surface area is 167 Å². The fourth-order valence-electron chi connectivity index (χ4n) is 4.50. The average Bonchev–Trinajstić information content (AvgIpc) is 2.73. The number of carbonyl (C=O) groups excluding carboxylic acids is 1. The van der Waals surface area contributed by atoms with Crippen LogP contribution in [0.5, 0.6) is 5.75 Å². The van der Waals surface area contributed by atoms with Crippen LogP contribution in [0.3, 0.4) is 0 Å². The molecule has 0 spiro atoms. The predicted molar refractivity (Wildman–Crippen MR) is 113 cm³/mol. The van der Waals surface area contributed by atoms with Gasteiger partial charge in [-0.1, -0.05) is 23.8 Å². The van der Waals surface area contributed by atoms with Gasteiger partial charge in [0.05, 0.1) is 19.1 Å². The summed E-state index contributed by atoms with van der Waals surface area (Å²) < 4.78 is 5.46. The minimum atomic E-state index is -0.0471. The van der Waals surface area contributed by atoms with E-state index >= 15 is 0 Å². The van der Waals surface area contributed by atoms with Crippen LogP contribution in [0.2, 0.25) is 0 Å². The predicted octanol–water partition coefficient (Wildman–Crippen LogP) is 3.01. The van der Waals surface area contributed by atoms with Gasteiger partial charge in [-0.25, -0.2) is 0 Å². The lowest BCUT2D eigenvalue weighted by molar-refractivity contribution is -0.125. The first kappa shape index (κ1) is 18.7. The number of benzene rings is 2. The number of nitrogens with zero attached hydrogens (tertiary/aromatic N) is 2. The number of hydrogen-bond donors (Lipinski definition) is 1. The van der Waals surface area contributed by atoms with Crippen LogP contribution in [-0.2, 0) is 11.2 Å². The van der Waals surface area contributed by atoms with Gasteiger partial charge in [0.15, 0.2) is 0 Å². The van der Waals surface area contributed by atoms with E-state index in [1.54, 1.807) is 7.11 Å². The molecular weight excluding hydrogens is 350 g/mol. The van der Waals surface area contributed by atoms with Crippen LogP contribution in [0.4, 0.5) is 11.4 Å². The SMILES string of the molecule is CCNC(=O)[C@@H]1Cc2ccc(OC)cc2N2CCN(c3ccc(C)cc3)C[C@H]12. The van der Waals surface area contributed by atoms with Gasteiger partial charge < -0.3 is 19.9 Å². The van der Waals surface area contributed by atoms with Gasteiger partial charge in [0.2, 0.25) is 5.91 Å². The van der Waals surface area contributed by atoms with E-state index in [-0.39, 0.29) is 17.9 Å². The highest BCUT2D eigenvalue weighted by atomic mass is 16.5. The van der Waals surface area contributed by atoms with Crippen LogP contribution in [-0.4, -0.2) is 45.2 Å². The number of aryl methyl sites for hydroxylation is 1. The zero-order chi connectivity index (χ0) is 19.7. The highest BCUT2D eigenvalue weighted by Gasteiger charge is 2.41. The third kappa shape index (κ3) is 3.41. The molecule has 0 aliphatic carbocycles. The molecule has 0 aromatic heterocycles. The maximum atomic E-state index is 12.9. The van der Waals surface area contributed by atoms with Crippen LogP contribution < -0.4 is 19.9 Å². The molecule has 0 bridgehead atoms. The molecule has 28 heavy (non-hydrogen) atoms. The number of carbonyl (C=O) groups is 1. The van der Waals surface area contributed by atoms with Crippen molar-refractivity contribution in [3.05, 3.63) is 53.6 Å². The van der Waals surface area contributed by atoms with E-state index < -0.39 is 0 Å². The van der Waals surface area contributed by atoms with Crippen molar-refractivity contribution >= 4 is 17.3 Å². The number of fused-ring (bicyclic) bond motifs is 3. The largest absolute Gasteiger partial charge is 0.497 e. The van der Waals surface area contributed by atoms with E-state index in [0.29, 0.717) is 6.54 Å². The molecule has 1 fully saturated rings. The Kier molecular flexibility index (Phi) is 5.16. The monoisotopic (exact) mass is 379 g/mol. The smallest absolute Gasteiger partial charge is 0.225 e. The summed E-state index contributed by atoms with van der Waals surface area (Å²) in [4.78, 5) is 17.7. The minimum Gasteiger partial charge on any atom is -0.497 e. The van der Waals surface area contributed by atoms with Gasteiger partial charge in [0, 0.05) is 43.6 Å². The van der Waals surface area contributed by atoms with Crippen molar-refractivity contribution in [2.24, 2.45) is 5.92 Å². The Bertz CT molecular complexity index is 849. The lowest BCUT2D eigenvalue weighted by atomic mass is 9.83. The van der Waals surface area contributed by atoms with Crippen LogP contribution in [0.15, 0.2) is 42.5 Å². The first-order chi connectivity index (χ1) is 13.6. The highest BCUT2D eigenvalue weighted by Crippen LogP contribution is 2.38. The van der Waals surface area contributed by atoms with Crippen molar-refractivity contribution in [3.63, 3.8) is 0 Å².